The summed E-state index contributed by atoms with van der Waals surface area (Å²) in [6.45, 7) is 2.60. The van der Waals surface area contributed by atoms with Crippen LogP contribution in [0.1, 0.15) is 17.4 Å². The van der Waals surface area contributed by atoms with Crippen molar-refractivity contribution in [2.75, 3.05) is 0 Å². The van der Waals surface area contributed by atoms with Gasteiger partial charge in [-0.1, -0.05) is 6.07 Å². The van der Waals surface area contributed by atoms with E-state index in [1.165, 1.54) is 10.1 Å². The lowest BCUT2D eigenvalue weighted by atomic mass is 10.1. The van der Waals surface area contributed by atoms with E-state index in [4.69, 9.17) is 0 Å². The van der Waals surface area contributed by atoms with Crippen molar-refractivity contribution >= 4 is 27.4 Å². The second-order valence-electron chi connectivity index (χ2n) is 4.33. The number of aromatic nitrogens is 1. The van der Waals surface area contributed by atoms with E-state index >= 15 is 0 Å². The van der Waals surface area contributed by atoms with E-state index in [2.05, 4.69) is 23.6 Å². The number of aromatic carboxylic acids is 1. The molecule has 0 radical (unpaired) electrons. The molecule has 0 bridgehead atoms. The standard InChI is InChI=1S/C15H13NO2S/c1-2-16-12(4-5-13(16)15(17)18)10-3-6-14-11(9-10)7-8-19-14/h3-9H,2H2,1H3,(H,17,18). The molecule has 3 rings (SSSR count). The molecular formula is C15H13NO2S. The minimum absolute atomic E-state index is 0.336. The quantitative estimate of drug-likeness (QED) is 0.779. The van der Waals surface area contributed by atoms with E-state index in [0.717, 1.165) is 11.3 Å². The van der Waals surface area contributed by atoms with Crippen molar-refractivity contribution in [3.05, 3.63) is 47.5 Å². The summed E-state index contributed by atoms with van der Waals surface area (Å²) >= 11 is 1.71. The molecule has 3 nitrogen and oxygen atoms in total. The molecule has 0 aliphatic carbocycles. The van der Waals surface area contributed by atoms with Crippen LogP contribution < -0.4 is 0 Å². The molecule has 4 heteroatoms. The van der Waals surface area contributed by atoms with Gasteiger partial charge in [0.1, 0.15) is 5.69 Å². The zero-order valence-corrected chi connectivity index (χ0v) is 11.3. The van der Waals surface area contributed by atoms with Gasteiger partial charge < -0.3 is 9.67 Å². The number of hydrogen-bond donors (Lipinski definition) is 1. The summed E-state index contributed by atoms with van der Waals surface area (Å²) < 4.78 is 3.08. The third-order valence-corrected chi connectivity index (χ3v) is 4.16. The van der Waals surface area contributed by atoms with Gasteiger partial charge in [0, 0.05) is 16.9 Å². The van der Waals surface area contributed by atoms with Crippen molar-refractivity contribution in [1.29, 1.82) is 0 Å². The molecule has 96 valence electrons. The van der Waals surface area contributed by atoms with Crippen LogP contribution in [0.15, 0.2) is 41.8 Å². The van der Waals surface area contributed by atoms with Gasteiger partial charge in [0.2, 0.25) is 0 Å². The van der Waals surface area contributed by atoms with Gasteiger partial charge in [-0.2, -0.15) is 0 Å². The predicted octanol–water partition coefficient (Wildman–Crippen LogP) is 4.09. The highest BCUT2D eigenvalue weighted by atomic mass is 32.1. The molecule has 2 aromatic heterocycles. The molecule has 0 aliphatic heterocycles. The smallest absolute Gasteiger partial charge is 0.352 e. The van der Waals surface area contributed by atoms with Gasteiger partial charge in [-0.3, -0.25) is 0 Å². The van der Waals surface area contributed by atoms with Gasteiger partial charge in [-0.15, -0.1) is 11.3 Å². The van der Waals surface area contributed by atoms with E-state index in [1.807, 2.05) is 23.6 Å². The number of benzene rings is 1. The van der Waals surface area contributed by atoms with Gasteiger partial charge in [-0.05, 0) is 53.6 Å². The maximum Gasteiger partial charge on any atom is 0.352 e. The number of carbonyl (C=O) groups is 1. The zero-order valence-electron chi connectivity index (χ0n) is 10.5. The molecule has 0 aliphatic rings. The van der Waals surface area contributed by atoms with Crippen LogP contribution >= 0.6 is 11.3 Å². The number of fused-ring (bicyclic) bond motifs is 1. The van der Waals surface area contributed by atoms with Gasteiger partial charge in [0.05, 0.1) is 0 Å². The summed E-state index contributed by atoms with van der Waals surface area (Å²) in [7, 11) is 0. The van der Waals surface area contributed by atoms with Crippen LogP contribution in [-0.2, 0) is 6.54 Å². The third-order valence-electron chi connectivity index (χ3n) is 3.26. The van der Waals surface area contributed by atoms with E-state index in [1.54, 1.807) is 17.4 Å². The van der Waals surface area contributed by atoms with E-state index in [9.17, 15) is 9.90 Å². The fourth-order valence-corrected chi connectivity index (χ4v) is 3.14. The maximum absolute atomic E-state index is 11.2. The van der Waals surface area contributed by atoms with Gasteiger partial charge in [-0.25, -0.2) is 4.79 Å². The maximum atomic E-state index is 11.2. The predicted molar refractivity (Wildman–Crippen MR) is 77.9 cm³/mol. The molecule has 1 N–H and O–H groups in total. The Morgan fingerprint density at radius 1 is 1.26 bits per heavy atom. The molecule has 0 atom stereocenters. The second kappa shape index (κ2) is 4.55. The number of carboxylic acid groups (broad SMARTS) is 1. The Balaban J connectivity index is 2.17. The molecular weight excluding hydrogens is 258 g/mol. The molecule has 19 heavy (non-hydrogen) atoms. The van der Waals surface area contributed by atoms with Gasteiger partial charge in [0.15, 0.2) is 0 Å². The minimum atomic E-state index is -0.885. The molecule has 0 saturated carbocycles. The lowest BCUT2D eigenvalue weighted by Crippen LogP contribution is -2.08. The first kappa shape index (κ1) is 12.0. The van der Waals surface area contributed by atoms with Crippen LogP contribution in [0.3, 0.4) is 0 Å². The van der Waals surface area contributed by atoms with E-state index < -0.39 is 5.97 Å². The van der Waals surface area contributed by atoms with Crippen LogP contribution in [0.5, 0.6) is 0 Å². The summed E-state index contributed by atoms with van der Waals surface area (Å²) in [4.78, 5) is 11.2. The van der Waals surface area contributed by atoms with Crippen molar-refractivity contribution < 1.29 is 9.90 Å². The first-order chi connectivity index (χ1) is 9.20. The molecule has 0 fully saturated rings. The lowest BCUT2D eigenvalue weighted by Gasteiger charge is -2.09. The van der Waals surface area contributed by atoms with E-state index in [-0.39, 0.29) is 0 Å². The summed E-state index contributed by atoms with van der Waals surface area (Å²) in [5.41, 5.74) is 2.34. The normalized spacial score (nSPS) is 11.0. The molecule has 0 unspecified atom stereocenters. The minimum Gasteiger partial charge on any atom is -0.477 e. The highest BCUT2D eigenvalue weighted by Crippen LogP contribution is 2.28. The molecule has 0 saturated heterocycles. The summed E-state index contributed by atoms with van der Waals surface area (Å²) in [6.07, 6.45) is 0. The average Bonchev–Trinajstić information content (AvgIpc) is 3.03. The largest absolute Gasteiger partial charge is 0.477 e. The number of rotatable bonds is 3. The highest BCUT2D eigenvalue weighted by Gasteiger charge is 2.14. The molecule has 2 heterocycles. The Morgan fingerprint density at radius 3 is 2.84 bits per heavy atom. The average molecular weight is 271 g/mol. The highest BCUT2D eigenvalue weighted by molar-refractivity contribution is 7.17. The fourth-order valence-electron chi connectivity index (χ4n) is 2.37. The monoisotopic (exact) mass is 271 g/mol. The Bertz CT molecular complexity index is 754. The van der Waals surface area contributed by atoms with Crippen LogP contribution in [0.4, 0.5) is 0 Å². The number of nitrogens with zero attached hydrogens (tertiary/aromatic N) is 1. The van der Waals surface area contributed by atoms with Crippen molar-refractivity contribution in [3.8, 4) is 11.3 Å². The van der Waals surface area contributed by atoms with Crippen molar-refractivity contribution in [2.24, 2.45) is 0 Å². The SMILES string of the molecule is CCn1c(C(=O)O)ccc1-c1ccc2sccc2c1. The summed E-state index contributed by atoms with van der Waals surface area (Å²) in [6, 6.07) is 11.9. The first-order valence-electron chi connectivity index (χ1n) is 6.11. The summed E-state index contributed by atoms with van der Waals surface area (Å²) in [5.74, 6) is -0.885. The van der Waals surface area contributed by atoms with Crippen LogP contribution in [-0.4, -0.2) is 15.6 Å². The molecule has 3 aromatic rings. The molecule has 0 amide bonds. The molecule has 1 aromatic carbocycles. The second-order valence-corrected chi connectivity index (χ2v) is 5.27. The van der Waals surface area contributed by atoms with Crippen molar-refractivity contribution in [1.82, 2.24) is 4.57 Å². The molecule has 0 spiro atoms. The lowest BCUT2D eigenvalue weighted by molar-refractivity contribution is 0.0685. The Labute approximate surface area is 114 Å². The Hall–Kier alpha value is -2.07. The summed E-state index contributed by atoms with van der Waals surface area (Å²) in [5, 5.41) is 12.4. The van der Waals surface area contributed by atoms with Crippen LogP contribution in [0.2, 0.25) is 0 Å². The Morgan fingerprint density at radius 2 is 2.11 bits per heavy atom. The van der Waals surface area contributed by atoms with E-state index in [0.29, 0.717) is 12.2 Å². The van der Waals surface area contributed by atoms with Crippen LogP contribution in [0.25, 0.3) is 21.3 Å². The van der Waals surface area contributed by atoms with Gasteiger partial charge in [0.25, 0.3) is 0 Å². The van der Waals surface area contributed by atoms with Crippen molar-refractivity contribution in [3.63, 3.8) is 0 Å². The number of carboxylic acids is 1. The van der Waals surface area contributed by atoms with Crippen molar-refractivity contribution in [2.45, 2.75) is 13.5 Å². The third kappa shape index (κ3) is 1.94. The first-order valence-corrected chi connectivity index (χ1v) is 6.99. The fraction of sp³-hybridized carbons (Fsp3) is 0.133. The zero-order chi connectivity index (χ0) is 13.4. The van der Waals surface area contributed by atoms with Gasteiger partial charge >= 0.3 is 5.97 Å². The Kier molecular flexibility index (Phi) is 2.87. The topological polar surface area (TPSA) is 42.2 Å². The van der Waals surface area contributed by atoms with Crippen LogP contribution in [0, 0.1) is 0 Å². The number of hydrogen-bond acceptors (Lipinski definition) is 2. The number of thiophene rings is 1.